The fourth-order valence-corrected chi connectivity index (χ4v) is 3.09. The van der Waals surface area contributed by atoms with Gasteiger partial charge in [0.2, 0.25) is 6.29 Å². The molecule has 0 aromatic heterocycles. The number of carbonyl (C=O) groups is 1. The minimum atomic E-state index is -1.36. The summed E-state index contributed by atoms with van der Waals surface area (Å²) in [4.78, 5) is 12.9. The van der Waals surface area contributed by atoms with Crippen LogP contribution in [0.5, 0.6) is 23.0 Å². The van der Waals surface area contributed by atoms with Crippen LogP contribution in [0.4, 0.5) is 0 Å². The quantitative estimate of drug-likeness (QED) is 0.792. The minimum Gasteiger partial charge on any atom is -0.507 e. The summed E-state index contributed by atoms with van der Waals surface area (Å²) in [7, 11) is 1.57. The second-order valence-electron chi connectivity index (χ2n) is 6.18. The number of rotatable bonds is 3. The second kappa shape index (κ2) is 6.29. The van der Waals surface area contributed by atoms with E-state index in [4.69, 9.17) is 9.47 Å². The van der Waals surface area contributed by atoms with Crippen LogP contribution in [0, 0.1) is 19.8 Å². The Morgan fingerprint density at radius 1 is 1.08 bits per heavy atom. The Labute approximate surface area is 145 Å². The number of Topliss-reactive ketones (excluding diaryl/α,β-unsaturated/α-hetero) is 1. The van der Waals surface area contributed by atoms with Crippen molar-refractivity contribution in [2.45, 2.75) is 26.6 Å². The van der Waals surface area contributed by atoms with Crippen LogP contribution in [0.15, 0.2) is 24.3 Å². The molecule has 6 heteroatoms. The third-order valence-corrected chi connectivity index (χ3v) is 4.65. The summed E-state index contributed by atoms with van der Waals surface area (Å²) >= 11 is 0. The summed E-state index contributed by atoms with van der Waals surface area (Å²) in [5.41, 5.74) is 1.38. The van der Waals surface area contributed by atoms with Crippen molar-refractivity contribution >= 4 is 5.78 Å². The molecule has 0 radical (unpaired) electrons. The number of benzene rings is 2. The highest BCUT2D eigenvalue weighted by molar-refractivity contribution is 6.05. The highest BCUT2D eigenvalue weighted by Gasteiger charge is 2.40. The zero-order chi connectivity index (χ0) is 18.3. The van der Waals surface area contributed by atoms with Gasteiger partial charge in [0.15, 0.2) is 5.78 Å². The molecule has 132 valence electrons. The first-order valence-electron chi connectivity index (χ1n) is 7.92. The van der Waals surface area contributed by atoms with Crippen LogP contribution in [-0.4, -0.2) is 34.5 Å². The zero-order valence-corrected chi connectivity index (χ0v) is 14.2. The number of hydrogen-bond donors (Lipinski definition) is 3. The summed E-state index contributed by atoms with van der Waals surface area (Å²) in [6.45, 7) is 3.10. The lowest BCUT2D eigenvalue weighted by Gasteiger charge is -2.31. The lowest BCUT2D eigenvalue weighted by atomic mass is 9.86. The predicted molar refractivity (Wildman–Crippen MR) is 90.4 cm³/mol. The first-order valence-corrected chi connectivity index (χ1v) is 7.92. The molecule has 2 aromatic carbocycles. The third-order valence-electron chi connectivity index (χ3n) is 4.65. The van der Waals surface area contributed by atoms with Crippen molar-refractivity contribution in [2.24, 2.45) is 5.92 Å². The van der Waals surface area contributed by atoms with E-state index in [-0.39, 0.29) is 34.8 Å². The topological polar surface area (TPSA) is 96.2 Å². The SMILES string of the molecule is COc1ccc(C[C@H]2C(=O)c3c(O)c(C)c(O)c(C)c3OC2O)cc1. The maximum absolute atomic E-state index is 12.9. The van der Waals surface area contributed by atoms with Gasteiger partial charge in [0.25, 0.3) is 0 Å². The van der Waals surface area contributed by atoms with Crippen molar-refractivity contribution in [2.75, 3.05) is 7.11 Å². The average molecular weight is 344 g/mol. The van der Waals surface area contributed by atoms with Gasteiger partial charge >= 0.3 is 0 Å². The van der Waals surface area contributed by atoms with Gasteiger partial charge in [0.1, 0.15) is 28.6 Å². The molecule has 0 saturated heterocycles. The Hall–Kier alpha value is -2.73. The van der Waals surface area contributed by atoms with Crippen molar-refractivity contribution in [3.05, 3.63) is 46.5 Å². The number of carbonyl (C=O) groups excluding carboxylic acids is 1. The van der Waals surface area contributed by atoms with Gasteiger partial charge in [-0.2, -0.15) is 0 Å². The maximum Gasteiger partial charge on any atom is 0.207 e. The van der Waals surface area contributed by atoms with Crippen molar-refractivity contribution < 1.29 is 29.6 Å². The average Bonchev–Trinajstić information content (AvgIpc) is 2.61. The van der Waals surface area contributed by atoms with E-state index in [2.05, 4.69) is 0 Å². The number of phenolic OH excluding ortho intramolecular Hbond substituents is 2. The molecular formula is C19H20O6. The molecule has 1 aliphatic rings. The Morgan fingerprint density at radius 2 is 1.72 bits per heavy atom. The van der Waals surface area contributed by atoms with Crippen molar-refractivity contribution in [1.82, 2.24) is 0 Å². The van der Waals surface area contributed by atoms with Crippen LogP contribution in [0.2, 0.25) is 0 Å². The number of phenols is 2. The molecule has 2 atom stereocenters. The van der Waals surface area contributed by atoms with Crippen LogP contribution in [0.3, 0.4) is 0 Å². The molecule has 1 aliphatic heterocycles. The maximum atomic E-state index is 12.9. The molecule has 25 heavy (non-hydrogen) atoms. The van der Waals surface area contributed by atoms with Gasteiger partial charge in [-0.05, 0) is 38.0 Å². The lowest BCUT2D eigenvalue weighted by molar-refractivity contribution is -0.0598. The van der Waals surface area contributed by atoms with Gasteiger partial charge in [-0.3, -0.25) is 4.79 Å². The van der Waals surface area contributed by atoms with E-state index in [0.717, 1.165) is 5.56 Å². The number of methoxy groups -OCH3 is 1. The van der Waals surface area contributed by atoms with Crippen LogP contribution in [0.25, 0.3) is 0 Å². The summed E-state index contributed by atoms with van der Waals surface area (Å²) in [5, 5.41) is 30.6. The molecule has 0 amide bonds. The molecule has 0 saturated carbocycles. The number of aromatic hydroxyl groups is 2. The summed E-state index contributed by atoms with van der Waals surface area (Å²) in [6, 6.07) is 7.16. The van der Waals surface area contributed by atoms with Crippen LogP contribution < -0.4 is 9.47 Å². The molecule has 0 fully saturated rings. The van der Waals surface area contributed by atoms with Gasteiger partial charge in [-0.15, -0.1) is 0 Å². The fraction of sp³-hybridized carbons (Fsp3) is 0.316. The number of ketones is 1. The Morgan fingerprint density at radius 3 is 2.32 bits per heavy atom. The van der Waals surface area contributed by atoms with Crippen molar-refractivity contribution in [3.8, 4) is 23.0 Å². The number of hydrogen-bond acceptors (Lipinski definition) is 6. The van der Waals surface area contributed by atoms with Crippen molar-refractivity contribution in [3.63, 3.8) is 0 Å². The van der Waals surface area contributed by atoms with E-state index in [1.165, 1.54) is 6.92 Å². The molecule has 0 aliphatic carbocycles. The molecule has 2 aromatic rings. The zero-order valence-electron chi connectivity index (χ0n) is 14.2. The Bertz CT molecular complexity index is 825. The first kappa shape index (κ1) is 17.1. The highest BCUT2D eigenvalue weighted by Crippen LogP contribution is 2.46. The van der Waals surface area contributed by atoms with Gasteiger partial charge in [0, 0.05) is 11.1 Å². The van der Waals surface area contributed by atoms with E-state index in [0.29, 0.717) is 11.3 Å². The highest BCUT2D eigenvalue weighted by atomic mass is 16.6. The van der Waals surface area contributed by atoms with Crippen LogP contribution >= 0.6 is 0 Å². The summed E-state index contributed by atoms with van der Waals surface area (Å²) < 4.78 is 10.6. The standard InChI is InChI=1S/C19H20O6/c1-9-15(20)10(2)18-14(16(9)21)17(22)13(19(23)25-18)8-11-4-6-12(24-3)7-5-11/h4-7,13,19-21,23H,8H2,1-3H3/t13-,19?/m0/s1. The predicted octanol–water partition coefficient (Wildman–Crippen LogP) is 2.48. The largest absolute Gasteiger partial charge is 0.507 e. The first-order chi connectivity index (χ1) is 11.8. The van der Waals surface area contributed by atoms with E-state index in [1.54, 1.807) is 26.2 Å². The Balaban J connectivity index is 1.98. The van der Waals surface area contributed by atoms with Gasteiger partial charge in [0.05, 0.1) is 13.0 Å². The normalized spacial score (nSPS) is 19.3. The van der Waals surface area contributed by atoms with Gasteiger partial charge in [-0.25, -0.2) is 0 Å². The lowest BCUT2D eigenvalue weighted by Crippen LogP contribution is -2.39. The molecule has 3 rings (SSSR count). The van der Waals surface area contributed by atoms with Crippen LogP contribution in [-0.2, 0) is 6.42 Å². The molecule has 6 nitrogen and oxygen atoms in total. The van der Waals surface area contributed by atoms with E-state index in [1.807, 2.05) is 12.1 Å². The number of fused-ring (bicyclic) bond motifs is 1. The molecule has 0 spiro atoms. The fourth-order valence-electron chi connectivity index (χ4n) is 3.09. The molecule has 1 unspecified atom stereocenters. The monoisotopic (exact) mass is 344 g/mol. The van der Waals surface area contributed by atoms with E-state index in [9.17, 15) is 20.1 Å². The Kier molecular flexibility index (Phi) is 4.30. The van der Waals surface area contributed by atoms with E-state index >= 15 is 0 Å². The van der Waals surface area contributed by atoms with E-state index < -0.39 is 18.0 Å². The summed E-state index contributed by atoms with van der Waals surface area (Å²) in [6.07, 6.45) is -1.11. The molecule has 3 N–H and O–H groups in total. The van der Waals surface area contributed by atoms with Crippen LogP contribution in [0.1, 0.15) is 27.0 Å². The molecule has 1 heterocycles. The number of aliphatic hydroxyl groups excluding tert-OH is 1. The minimum absolute atomic E-state index is 0.0108. The smallest absolute Gasteiger partial charge is 0.207 e. The van der Waals surface area contributed by atoms with Crippen molar-refractivity contribution in [1.29, 1.82) is 0 Å². The summed E-state index contributed by atoms with van der Waals surface area (Å²) in [5.74, 6) is -0.993. The number of aliphatic hydroxyl groups is 1. The third kappa shape index (κ3) is 2.78. The molecule has 0 bridgehead atoms. The second-order valence-corrected chi connectivity index (χ2v) is 6.18. The molecular weight excluding hydrogens is 324 g/mol. The number of ether oxygens (including phenoxy) is 2. The van der Waals surface area contributed by atoms with Gasteiger partial charge in [-0.1, -0.05) is 12.1 Å². The van der Waals surface area contributed by atoms with Gasteiger partial charge < -0.3 is 24.8 Å².